The second-order valence-corrected chi connectivity index (χ2v) is 5.27. The van der Waals surface area contributed by atoms with E-state index in [1.807, 2.05) is 18.2 Å². The summed E-state index contributed by atoms with van der Waals surface area (Å²) in [6.07, 6.45) is 3.44. The van der Waals surface area contributed by atoms with Gasteiger partial charge in [0.25, 0.3) is 0 Å². The topological polar surface area (TPSA) is 47.0 Å². The van der Waals surface area contributed by atoms with Crippen LogP contribution in [0.5, 0.6) is 5.88 Å². The fraction of sp³-hybridized carbons (Fsp3) is 0.333. The highest BCUT2D eigenvalue weighted by Crippen LogP contribution is 2.30. The molecule has 0 fully saturated rings. The maximum Gasteiger partial charge on any atom is 0.234 e. The Morgan fingerprint density at radius 2 is 2.10 bits per heavy atom. The van der Waals surface area contributed by atoms with Gasteiger partial charge in [-0.25, -0.2) is 0 Å². The third-order valence-corrected chi connectivity index (χ3v) is 3.32. The highest BCUT2D eigenvalue weighted by molar-refractivity contribution is 6.36. The van der Waals surface area contributed by atoms with E-state index < -0.39 is 0 Å². The lowest BCUT2D eigenvalue weighted by molar-refractivity contribution is 0.309. The predicted octanol–water partition coefficient (Wildman–Crippen LogP) is 4.23. The van der Waals surface area contributed by atoms with Crippen LogP contribution in [0.1, 0.15) is 19.0 Å². The van der Waals surface area contributed by atoms with Gasteiger partial charge >= 0.3 is 0 Å². The van der Waals surface area contributed by atoms with E-state index in [1.165, 1.54) is 0 Å². The van der Waals surface area contributed by atoms with Crippen molar-refractivity contribution in [3.8, 4) is 5.88 Å². The number of anilines is 1. The first kappa shape index (κ1) is 15.9. The smallest absolute Gasteiger partial charge is 0.234 e. The number of nitrogens with one attached hydrogen (secondary N) is 1. The zero-order chi connectivity index (χ0) is 15.1. The molecular formula is C15H17Cl2N3O. The Morgan fingerprint density at radius 1 is 1.24 bits per heavy atom. The summed E-state index contributed by atoms with van der Waals surface area (Å²) in [6.45, 7) is 3.32. The number of rotatable bonds is 7. The lowest BCUT2D eigenvalue weighted by atomic mass is 10.3. The molecule has 0 aromatic carbocycles. The number of aromatic nitrogens is 2. The van der Waals surface area contributed by atoms with Gasteiger partial charge in [-0.15, -0.1) is 0 Å². The molecule has 0 aliphatic heterocycles. The van der Waals surface area contributed by atoms with Gasteiger partial charge in [0.05, 0.1) is 11.6 Å². The highest BCUT2D eigenvalue weighted by atomic mass is 35.5. The molecule has 2 aromatic rings. The highest BCUT2D eigenvalue weighted by Gasteiger charge is 2.10. The minimum atomic E-state index is 0.385. The van der Waals surface area contributed by atoms with Gasteiger partial charge in [-0.2, -0.15) is 4.98 Å². The van der Waals surface area contributed by atoms with Crippen LogP contribution in [0.2, 0.25) is 10.0 Å². The van der Waals surface area contributed by atoms with Crippen molar-refractivity contribution >= 4 is 29.0 Å². The number of ether oxygens (including phenoxy) is 1. The first-order valence-corrected chi connectivity index (χ1v) is 7.59. The molecule has 112 valence electrons. The molecule has 0 spiro atoms. The third-order valence-electron chi connectivity index (χ3n) is 2.76. The Morgan fingerprint density at radius 3 is 2.81 bits per heavy atom. The fourth-order valence-corrected chi connectivity index (χ4v) is 2.20. The fourth-order valence-electron chi connectivity index (χ4n) is 1.72. The van der Waals surface area contributed by atoms with Crippen LogP contribution in [-0.4, -0.2) is 23.1 Å². The molecule has 6 heteroatoms. The zero-order valence-electron chi connectivity index (χ0n) is 11.8. The quantitative estimate of drug-likeness (QED) is 0.827. The van der Waals surface area contributed by atoms with Gasteiger partial charge in [0.15, 0.2) is 0 Å². The van der Waals surface area contributed by atoms with Crippen LogP contribution in [0.3, 0.4) is 0 Å². The van der Waals surface area contributed by atoms with Crippen LogP contribution in [0.25, 0.3) is 0 Å². The summed E-state index contributed by atoms with van der Waals surface area (Å²) in [5.41, 5.74) is 0.965. The van der Waals surface area contributed by atoms with Gasteiger partial charge in [0, 0.05) is 24.9 Å². The van der Waals surface area contributed by atoms with E-state index in [1.54, 1.807) is 12.3 Å². The Labute approximate surface area is 134 Å². The van der Waals surface area contributed by atoms with E-state index in [4.69, 9.17) is 27.9 Å². The summed E-state index contributed by atoms with van der Waals surface area (Å²) in [5, 5.41) is 4.04. The molecule has 0 aliphatic rings. The molecular weight excluding hydrogens is 309 g/mol. The van der Waals surface area contributed by atoms with E-state index in [2.05, 4.69) is 22.2 Å². The van der Waals surface area contributed by atoms with E-state index in [0.717, 1.165) is 18.7 Å². The van der Waals surface area contributed by atoms with E-state index in [-0.39, 0.29) is 0 Å². The van der Waals surface area contributed by atoms with Crippen molar-refractivity contribution in [1.82, 2.24) is 9.97 Å². The predicted molar refractivity (Wildman–Crippen MR) is 86.5 cm³/mol. The van der Waals surface area contributed by atoms with Crippen molar-refractivity contribution < 1.29 is 4.74 Å². The van der Waals surface area contributed by atoms with E-state index in [9.17, 15) is 0 Å². The largest absolute Gasteiger partial charge is 0.476 e. The molecule has 2 rings (SSSR count). The molecule has 0 bridgehead atoms. The van der Waals surface area contributed by atoms with Crippen LogP contribution >= 0.6 is 23.2 Å². The summed E-state index contributed by atoms with van der Waals surface area (Å²) in [6, 6.07) is 7.43. The molecule has 2 aromatic heterocycles. The monoisotopic (exact) mass is 325 g/mol. The Hall–Kier alpha value is -1.52. The second kappa shape index (κ2) is 8.05. The Balaban J connectivity index is 1.98. The lowest BCUT2D eigenvalue weighted by Gasteiger charge is -2.11. The maximum absolute atomic E-state index is 6.10. The normalized spacial score (nSPS) is 10.4. The maximum atomic E-state index is 6.10. The molecule has 0 atom stereocenters. The molecule has 0 unspecified atom stereocenters. The molecule has 0 saturated carbocycles. The van der Waals surface area contributed by atoms with Crippen molar-refractivity contribution in [2.45, 2.75) is 19.8 Å². The van der Waals surface area contributed by atoms with Gasteiger partial charge in [0.2, 0.25) is 5.88 Å². The van der Waals surface area contributed by atoms with Gasteiger partial charge < -0.3 is 10.1 Å². The number of halogens is 2. The van der Waals surface area contributed by atoms with Crippen molar-refractivity contribution in [3.63, 3.8) is 0 Å². The van der Waals surface area contributed by atoms with Crippen LogP contribution in [-0.2, 0) is 6.42 Å². The van der Waals surface area contributed by atoms with Crippen LogP contribution in [0, 0.1) is 0 Å². The van der Waals surface area contributed by atoms with Crippen molar-refractivity contribution in [3.05, 3.63) is 46.2 Å². The van der Waals surface area contributed by atoms with E-state index >= 15 is 0 Å². The van der Waals surface area contributed by atoms with Crippen LogP contribution in [0.15, 0.2) is 30.5 Å². The molecule has 1 N–H and O–H groups in total. The summed E-state index contributed by atoms with van der Waals surface area (Å²) >= 11 is 12.2. The number of hydrogen-bond donors (Lipinski definition) is 1. The first-order chi connectivity index (χ1) is 10.2. The first-order valence-electron chi connectivity index (χ1n) is 6.83. The Kier molecular flexibility index (Phi) is 6.08. The van der Waals surface area contributed by atoms with Crippen LogP contribution < -0.4 is 10.1 Å². The van der Waals surface area contributed by atoms with Crippen molar-refractivity contribution in [1.29, 1.82) is 0 Å². The molecule has 4 nitrogen and oxygen atoms in total. The molecule has 2 heterocycles. The molecule has 0 radical (unpaired) electrons. The minimum Gasteiger partial charge on any atom is -0.476 e. The summed E-state index contributed by atoms with van der Waals surface area (Å²) in [7, 11) is 0. The summed E-state index contributed by atoms with van der Waals surface area (Å²) in [5.74, 6) is 0.978. The summed E-state index contributed by atoms with van der Waals surface area (Å²) < 4.78 is 5.63. The Bertz CT molecular complexity index is 579. The number of pyridine rings is 2. The lowest BCUT2D eigenvalue weighted by Crippen LogP contribution is -2.07. The molecule has 0 amide bonds. The zero-order valence-corrected chi connectivity index (χ0v) is 13.3. The molecule has 0 saturated heterocycles. The van der Waals surface area contributed by atoms with Crippen LogP contribution in [0.4, 0.5) is 5.82 Å². The summed E-state index contributed by atoms with van der Waals surface area (Å²) in [4.78, 5) is 8.56. The number of hydrogen-bond acceptors (Lipinski definition) is 4. The SMILES string of the molecule is CCCNc1nc(OCCc2ccccn2)c(Cl)cc1Cl. The van der Waals surface area contributed by atoms with Gasteiger partial charge in [-0.3, -0.25) is 4.98 Å². The standard InChI is InChI=1S/C15H17Cl2N3O/c1-2-7-19-14-12(16)10-13(17)15(20-14)21-9-6-11-5-3-4-8-18-11/h3-5,8,10H,2,6-7,9H2,1H3,(H,19,20). The van der Waals surface area contributed by atoms with E-state index in [0.29, 0.717) is 34.8 Å². The molecule has 21 heavy (non-hydrogen) atoms. The van der Waals surface area contributed by atoms with Gasteiger partial charge in [0.1, 0.15) is 10.8 Å². The average Bonchev–Trinajstić information content (AvgIpc) is 2.49. The second-order valence-electron chi connectivity index (χ2n) is 4.45. The third kappa shape index (κ3) is 4.76. The van der Waals surface area contributed by atoms with Gasteiger partial charge in [-0.05, 0) is 24.6 Å². The number of nitrogens with zero attached hydrogens (tertiary/aromatic N) is 2. The molecule has 0 aliphatic carbocycles. The van der Waals surface area contributed by atoms with Gasteiger partial charge in [-0.1, -0.05) is 36.2 Å². The van der Waals surface area contributed by atoms with Crippen molar-refractivity contribution in [2.24, 2.45) is 0 Å². The van der Waals surface area contributed by atoms with Crippen molar-refractivity contribution in [2.75, 3.05) is 18.5 Å². The minimum absolute atomic E-state index is 0.385. The average molecular weight is 326 g/mol.